The number of rotatable bonds is 7. The highest BCUT2D eigenvalue weighted by molar-refractivity contribution is 5.95. The fourth-order valence-electron chi connectivity index (χ4n) is 3.49. The van der Waals surface area contributed by atoms with Gasteiger partial charge in [-0.3, -0.25) is 9.69 Å². The third-order valence-corrected chi connectivity index (χ3v) is 5.09. The number of hydrogen-bond donors (Lipinski definition) is 0. The monoisotopic (exact) mass is 386 g/mol. The zero-order valence-electron chi connectivity index (χ0n) is 16.5. The highest BCUT2D eigenvalue weighted by Crippen LogP contribution is 2.23. The van der Waals surface area contributed by atoms with Gasteiger partial charge < -0.3 is 14.4 Å². The number of carbonyl (C=O) groups excluding carboxylic acids is 1. The molecule has 28 heavy (non-hydrogen) atoms. The lowest BCUT2D eigenvalue weighted by atomic mass is 10.1. The summed E-state index contributed by atoms with van der Waals surface area (Å²) in [6.45, 7) is 4.02. The molecule has 150 valence electrons. The van der Waals surface area contributed by atoms with Gasteiger partial charge in [0.25, 0.3) is 5.91 Å². The Labute approximate surface area is 165 Å². The molecular weight excluding hydrogens is 359 g/mol. The van der Waals surface area contributed by atoms with Crippen LogP contribution in [0.4, 0.5) is 4.39 Å². The summed E-state index contributed by atoms with van der Waals surface area (Å²) < 4.78 is 23.8. The lowest BCUT2D eigenvalue weighted by Gasteiger charge is -2.34. The average molecular weight is 386 g/mol. The van der Waals surface area contributed by atoms with E-state index in [0.717, 1.165) is 38.0 Å². The Hall–Kier alpha value is -2.60. The molecule has 0 bridgehead atoms. The van der Waals surface area contributed by atoms with E-state index in [1.165, 1.54) is 6.07 Å². The first kappa shape index (κ1) is 20.1. The number of amides is 1. The molecule has 0 unspecified atom stereocenters. The van der Waals surface area contributed by atoms with E-state index in [4.69, 9.17) is 9.47 Å². The average Bonchev–Trinajstić information content (AvgIpc) is 2.73. The van der Waals surface area contributed by atoms with Crippen molar-refractivity contribution in [2.45, 2.75) is 12.8 Å². The van der Waals surface area contributed by atoms with Crippen molar-refractivity contribution in [2.24, 2.45) is 0 Å². The number of aryl methyl sites for hydroxylation is 1. The first-order valence-corrected chi connectivity index (χ1v) is 9.58. The standard InChI is InChI=1S/C22H27FN2O3/c1-27-20-14-18(15-21(16-20)28-2)22(26)25-11-9-24(10-12-25)8-4-6-17-5-3-7-19(23)13-17/h3,5,7,13-16H,4,6,8-12H2,1-2H3. The second-order valence-corrected chi connectivity index (χ2v) is 6.97. The van der Waals surface area contributed by atoms with Crippen molar-refractivity contribution in [2.75, 3.05) is 46.9 Å². The van der Waals surface area contributed by atoms with Crippen molar-refractivity contribution in [3.8, 4) is 11.5 Å². The Kier molecular flexibility index (Phi) is 6.87. The van der Waals surface area contributed by atoms with E-state index in [1.807, 2.05) is 11.0 Å². The van der Waals surface area contributed by atoms with Crippen molar-refractivity contribution < 1.29 is 18.7 Å². The van der Waals surface area contributed by atoms with Crippen molar-refractivity contribution in [1.29, 1.82) is 0 Å². The number of methoxy groups -OCH3 is 2. The highest BCUT2D eigenvalue weighted by atomic mass is 19.1. The van der Waals surface area contributed by atoms with Crippen LogP contribution in [0.5, 0.6) is 11.5 Å². The third kappa shape index (κ3) is 5.23. The topological polar surface area (TPSA) is 42.0 Å². The Balaban J connectivity index is 1.49. The van der Waals surface area contributed by atoms with Crippen LogP contribution < -0.4 is 9.47 Å². The predicted octanol–water partition coefficient (Wildman–Crippen LogP) is 3.23. The lowest BCUT2D eigenvalue weighted by Crippen LogP contribution is -2.48. The molecule has 0 saturated carbocycles. The molecule has 0 aliphatic carbocycles. The van der Waals surface area contributed by atoms with Crippen LogP contribution in [0, 0.1) is 5.82 Å². The number of hydrogen-bond acceptors (Lipinski definition) is 4. The maximum Gasteiger partial charge on any atom is 0.254 e. The number of nitrogens with zero attached hydrogens (tertiary/aromatic N) is 2. The molecule has 0 radical (unpaired) electrons. The van der Waals surface area contributed by atoms with Gasteiger partial charge in [-0.25, -0.2) is 4.39 Å². The number of halogens is 1. The van der Waals surface area contributed by atoms with E-state index >= 15 is 0 Å². The fourth-order valence-corrected chi connectivity index (χ4v) is 3.49. The van der Waals surface area contributed by atoms with Gasteiger partial charge in [-0.2, -0.15) is 0 Å². The molecular formula is C22H27FN2O3. The van der Waals surface area contributed by atoms with Crippen molar-refractivity contribution in [3.63, 3.8) is 0 Å². The minimum Gasteiger partial charge on any atom is -0.497 e. The smallest absolute Gasteiger partial charge is 0.254 e. The van der Waals surface area contributed by atoms with E-state index in [0.29, 0.717) is 30.2 Å². The predicted molar refractivity (Wildman–Crippen MR) is 107 cm³/mol. The van der Waals surface area contributed by atoms with Crippen LogP contribution in [0.25, 0.3) is 0 Å². The molecule has 0 atom stereocenters. The first-order valence-electron chi connectivity index (χ1n) is 9.58. The van der Waals surface area contributed by atoms with Gasteiger partial charge in [0.2, 0.25) is 0 Å². The number of piperazine rings is 1. The summed E-state index contributed by atoms with van der Waals surface area (Å²) in [5, 5.41) is 0. The third-order valence-electron chi connectivity index (χ3n) is 5.09. The molecule has 5 nitrogen and oxygen atoms in total. The molecule has 2 aromatic rings. The molecule has 6 heteroatoms. The fraction of sp³-hybridized carbons (Fsp3) is 0.409. The van der Waals surface area contributed by atoms with Crippen LogP contribution in [0.3, 0.4) is 0 Å². The summed E-state index contributed by atoms with van der Waals surface area (Å²) in [6.07, 6.45) is 1.84. The van der Waals surface area contributed by atoms with Crippen molar-refractivity contribution in [3.05, 3.63) is 59.4 Å². The van der Waals surface area contributed by atoms with E-state index in [9.17, 15) is 9.18 Å². The molecule has 1 aliphatic rings. The van der Waals surface area contributed by atoms with E-state index in [2.05, 4.69) is 4.90 Å². The van der Waals surface area contributed by atoms with Gasteiger partial charge >= 0.3 is 0 Å². The van der Waals surface area contributed by atoms with Crippen LogP contribution >= 0.6 is 0 Å². The summed E-state index contributed by atoms with van der Waals surface area (Å²) in [7, 11) is 3.15. The molecule has 0 N–H and O–H groups in total. The van der Waals surface area contributed by atoms with Gasteiger partial charge in [0, 0.05) is 37.8 Å². The maximum atomic E-state index is 13.2. The van der Waals surface area contributed by atoms with Crippen LogP contribution in [-0.2, 0) is 6.42 Å². The van der Waals surface area contributed by atoms with Gasteiger partial charge in [-0.15, -0.1) is 0 Å². The lowest BCUT2D eigenvalue weighted by molar-refractivity contribution is 0.0635. The highest BCUT2D eigenvalue weighted by Gasteiger charge is 2.22. The summed E-state index contributed by atoms with van der Waals surface area (Å²) in [5.74, 6) is 1.03. The minimum absolute atomic E-state index is 0.00314. The van der Waals surface area contributed by atoms with Gasteiger partial charge in [-0.05, 0) is 49.2 Å². The molecule has 2 aromatic carbocycles. The zero-order chi connectivity index (χ0) is 19.9. The van der Waals surface area contributed by atoms with Gasteiger partial charge in [-0.1, -0.05) is 12.1 Å². The van der Waals surface area contributed by atoms with Crippen molar-refractivity contribution in [1.82, 2.24) is 9.80 Å². The van der Waals surface area contributed by atoms with Crippen molar-refractivity contribution >= 4 is 5.91 Å². The molecule has 1 saturated heterocycles. The molecule has 3 rings (SSSR count). The normalized spacial score (nSPS) is 14.8. The van der Waals surface area contributed by atoms with Crippen LogP contribution in [-0.4, -0.2) is 62.7 Å². The largest absolute Gasteiger partial charge is 0.497 e. The van der Waals surface area contributed by atoms with Gasteiger partial charge in [0.05, 0.1) is 14.2 Å². The van der Waals surface area contributed by atoms with Crippen LogP contribution in [0.15, 0.2) is 42.5 Å². The van der Waals surface area contributed by atoms with E-state index in [1.54, 1.807) is 44.6 Å². The number of ether oxygens (including phenoxy) is 2. The van der Waals surface area contributed by atoms with E-state index in [-0.39, 0.29) is 11.7 Å². The Morgan fingerprint density at radius 3 is 2.29 bits per heavy atom. The minimum atomic E-state index is -0.182. The summed E-state index contributed by atoms with van der Waals surface area (Å²) in [6, 6.07) is 12.0. The van der Waals surface area contributed by atoms with E-state index < -0.39 is 0 Å². The zero-order valence-corrected chi connectivity index (χ0v) is 16.5. The maximum absolute atomic E-state index is 13.2. The summed E-state index contributed by atoms with van der Waals surface area (Å²) in [4.78, 5) is 17.1. The second-order valence-electron chi connectivity index (χ2n) is 6.97. The van der Waals surface area contributed by atoms with Gasteiger partial charge in [0.15, 0.2) is 0 Å². The Bertz CT molecular complexity index is 782. The Morgan fingerprint density at radius 2 is 1.68 bits per heavy atom. The summed E-state index contributed by atoms with van der Waals surface area (Å²) >= 11 is 0. The number of benzene rings is 2. The van der Waals surface area contributed by atoms with Gasteiger partial charge in [0.1, 0.15) is 17.3 Å². The molecule has 1 amide bonds. The Morgan fingerprint density at radius 1 is 1.00 bits per heavy atom. The molecule has 1 fully saturated rings. The SMILES string of the molecule is COc1cc(OC)cc(C(=O)N2CCN(CCCc3cccc(F)c3)CC2)c1. The summed E-state index contributed by atoms with van der Waals surface area (Å²) in [5.41, 5.74) is 1.61. The second kappa shape index (κ2) is 9.55. The molecule has 0 aromatic heterocycles. The van der Waals surface area contributed by atoms with Crippen LogP contribution in [0.1, 0.15) is 22.3 Å². The molecule has 0 spiro atoms. The number of carbonyl (C=O) groups is 1. The molecule has 1 heterocycles. The molecule has 1 aliphatic heterocycles. The first-order chi connectivity index (χ1) is 13.6. The van der Waals surface area contributed by atoms with Crippen LogP contribution in [0.2, 0.25) is 0 Å². The quantitative estimate of drug-likeness (QED) is 0.733.